The van der Waals surface area contributed by atoms with Crippen LogP contribution in [0.4, 0.5) is 0 Å². The van der Waals surface area contributed by atoms with Crippen molar-refractivity contribution in [2.45, 2.75) is 125 Å². The highest BCUT2D eigenvalue weighted by Gasteiger charge is 2.16. The van der Waals surface area contributed by atoms with Crippen molar-refractivity contribution in [2.24, 2.45) is 5.73 Å². The first kappa shape index (κ1) is 38.5. The Morgan fingerprint density at radius 2 is 1.58 bits per heavy atom. The SMILES string of the molecule is CC.CCC/C=C(\N)Sc1cc(CC(=O)NC(S/C(=C(/C)CC)c2ccc(OC(CC)CC)cc2)=C(C)CC)ccc1C. The average Bonchev–Trinajstić information content (AvgIpc) is 3.02. The Morgan fingerprint density at radius 1 is 0.953 bits per heavy atom. The Bertz CT molecular complexity index is 1230. The second-order valence-electron chi connectivity index (χ2n) is 10.4. The molecule has 43 heavy (non-hydrogen) atoms. The Hall–Kier alpha value is -2.57. The van der Waals surface area contributed by atoms with Crippen molar-refractivity contribution < 1.29 is 9.53 Å². The molecule has 0 aliphatic carbocycles. The average molecular weight is 625 g/mol. The normalized spacial score (nSPS) is 12.7. The van der Waals surface area contributed by atoms with Gasteiger partial charge in [-0.15, -0.1) is 0 Å². The van der Waals surface area contributed by atoms with E-state index in [9.17, 15) is 4.79 Å². The number of carbonyl (C=O) groups is 1. The summed E-state index contributed by atoms with van der Waals surface area (Å²) < 4.78 is 6.13. The van der Waals surface area contributed by atoms with Crippen LogP contribution in [0.25, 0.3) is 4.91 Å². The minimum atomic E-state index is -0.0166. The lowest BCUT2D eigenvalue weighted by Gasteiger charge is -2.19. The quantitative estimate of drug-likeness (QED) is 0.182. The van der Waals surface area contributed by atoms with Crippen molar-refractivity contribution in [2.75, 3.05) is 0 Å². The summed E-state index contributed by atoms with van der Waals surface area (Å²) in [6.45, 7) is 21.1. The molecule has 2 aromatic rings. The molecule has 0 aliphatic heterocycles. The number of unbranched alkanes of at least 4 members (excludes halogenated alkanes) is 1. The van der Waals surface area contributed by atoms with Crippen LogP contribution in [-0.4, -0.2) is 12.0 Å². The van der Waals surface area contributed by atoms with Crippen molar-refractivity contribution in [1.29, 1.82) is 0 Å². The van der Waals surface area contributed by atoms with E-state index in [0.29, 0.717) is 6.42 Å². The fourth-order valence-corrected chi connectivity index (χ4v) is 6.20. The van der Waals surface area contributed by atoms with E-state index in [1.807, 2.05) is 19.9 Å². The molecule has 0 aromatic heterocycles. The third-order valence-corrected chi connectivity index (χ3v) is 9.61. The van der Waals surface area contributed by atoms with Gasteiger partial charge in [0.1, 0.15) is 5.75 Å². The lowest BCUT2D eigenvalue weighted by atomic mass is 10.1. The van der Waals surface area contributed by atoms with Crippen LogP contribution < -0.4 is 15.8 Å². The van der Waals surface area contributed by atoms with Gasteiger partial charge >= 0.3 is 0 Å². The second kappa shape index (κ2) is 21.2. The van der Waals surface area contributed by atoms with Gasteiger partial charge < -0.3 is 15.8 Å². The van der Waals surface area contributed by atoms with E-state index in [1.54, 1.807) is 23.5 Å². The fourth-order valence-electron chi connectivity index (χ4n) is 4.04. The maximum absolute atomic E-state index is 13.3. The van der Waals surface area contributed by atoms with Crippen LogP contribution in [0.15, 0.2) is 74.6 Å². The topological polar surface area (TPSA) is 64.4 Å². The van der Waals surface area contributed by atoms with Gasteiger partial charge in [-0.2, -0.15) is 0 Å². The number of rotatable bonds is 16. The molecule has 238 valence electrons. The van der Waals surface area contributed by atoms with Gasteiger partial charge in [-0.05, 0) is 93.3 Å². The van der Waals surface area contributed by atoms with Gasteiger partial charge in [0.2, 0.25) is 5.91 Å². The number of allylic oxidation sites excluding steroid dienone is 3. The van der Waals surface area contributed by atoms with Gasteiger partial charge in [-0.1, -0.05) is 114 Å². The molecule has 0 bridgehead atoms. The Kier molecular flexibility index (Phi) is 18.9. The minimum absolute atomic E-state index is 0.0166. The number of hydrogen-bond donors (Lipinski definition) is 2. The Morgan fingerprint density at radius 3 is 2.14 bits per heavy atom. The van der Waals surface area contributed by atoms with Crippen molar-refractivity contribution in [3.05, 3.63) is 86.4 Å². The van der Waals surface area contributed by atoms with E-state index in [4.69, 9.17) is 10.5 Å². The summed E-state index contributed by atoms with van der Waals surface area (Å²) in [5, 5.41) is 4.96. The van der Waals surface area contributed by atoms with E-state index >= 15 is 0 Å². The first-order valence-electron chi connectivity index (χ1n) is 16.0. The summed E-state index contributed by atoms with van der Waals surface area (Å²) >= 11 is 3.23. The molecule has 2 rings (SSSR count). The number of aryl methyl sites for hydroxylation is 1. The number of nitrogens with one attached hydrogen (secondary N) is 1. The van der Waals surface area contributed by atoms with E-state index in [0.717, 1.165) is 81.5 Å². The fraction of sp³-hybridized carbons (Fsp3) is 0.486. The molecule has 6 heteroatoms. The number of nitrogens with two attached hydrogens (primary N) is 1. The van der Waals surface area contributed by atoms with Crippen molar-refractivity contribution >= 4 is 34.3 Å². The molecule has 4 nitrogen and oxygen atoms in total. The molecule has 0 aliphatic rings. The second-order valence-corrected chi connectivity index (χ2v) is 12.6. The number of amides is 1. The van der Waals surface area contributed by atoms with Crippen LogP contribution in [0.3, 0.4) is 0 Å². The number of benzene rings is 2. The molecule has 0 radical (unpaired) electrons. The smallest absolute Gasteiger partial charge is 0.229 e. The maximum Gasteiger partial charge on any atom is 0.229 e. The third kappa shape index (κ3) is 13.3. The van der Waals surface area contributed by atoms with Gasteiger partial charge in [0.15, 0.2) is 0 Å². The van der Waals surface area contributed by atoms with Gasteiger partial charge in [0, 0.05) is 9.80 Å². The maximum atomic E-state index is 13.3. The first-order chi connectivity index (χ1) is 20.6. The number of carbonyl (C=O) groups excluding carboxylic acids is 1. The first-order valence-corrected chi connectivity index (χ1v) is 17.7. The molecular weight excluding hydrogens is 569 g/mol. The third-order valence-electron chi connectivity index (χ3n) is 7.10. The number of ether oxygens (including phenoxy) is 1. The summed E-state index contributed by atoms with van der Waals surface area (Å²) in [6.07, 6.45) is 8.42. The highest BCUT2D eigenvalue weighted by Crippen LogP contribution is 2.38. The zero-order chi connectivity index (χ0) is 32.4. The van der Waals surface area contributed by atoms with Crippen LogP contribution >= 0.6 is 23.5 Å². The molecule has 0 saturated heterocycles. The van der Waals surface area contributed by atoms with Crippen molar-refractivity contribution in [3.63, 3.8) is 0 Å². The molecule has 0 spiro atoms. The number of hydrogen-bond acceptors (Lipinski definition) is 5. The molecule has 1 amide bonds. The summed E-state index contributed by atoms with van der Waals surface area (Å²) in [6, 6.07) is 14.6. The van der Waals surface area contributed by atoms with Crippen LogP contribution in [0.2, 0.25) is 0 Å². The van der Waals surface area contributed by atoms with Crippen LogP contribution in [0.1, 0.15) is 118 Å². The van der Waals surface area contributed by atoms with Crippen LogP contribution in [0, 0.1) is 6.92 Å². The summed E-state index contributed by atoms with van der Waals surface area (Å²) in [5.41, 5.74) is 11.9. The van der Waals surface area contributed by atoms with E-state index < -0.39 is 0 Å². The predicted octanol–water partition coefficient (Wildman–Crippen LogP) is 11.2. The molecule has 3 N–H and O–H groups in total. The number of thioether (sulfide) groups is 2. The van der Waals surface area contributed by atoms with Gasteiger partial charge in [0.05, 0.1) is 22.6 Å². The van der Waals surface area contributed by atoms with Gasteiger partial charge in [-0.3, -0.25) is 4.79 Å². The standard InChI is InChI=1S/C35H50N2O2S2.C2H6/c1-9-14-15-32(36)40-31-22-27(17-16-26(31)8)23-33(38)37-35(25(7)11-3)41-34(24(6)10-2)28-18-20-30(21-19-28)39-29(12-4)13-5;1-2/h15-22,29H,9-14,23,36H2,1-8H3,(H,37,38);1-2H3/b32-15+,34-24-,35-25?;. The molecule has 0 unspecified atom stereocenters. The van der Waals surface area contributed by atoms with E-state index in [2.05, 4.69) is 103 Å². The van der Waals surface area contributed by atoms with Crippen molar-refractivity contribution in [3.8, 4) is 5.75 Å². The Balaban J connectivity index is 0.00000452. The minimum Gasteiger partial charge on any atom is -0.490 e. The van der Waals surface area contributed by atoms with E-state index in [1.165, 1.54) is 10.5 Å². The lowest BCUT2D eigenvalue weighted by Crippen LogP contribution is -2.24. The molecule has 2 aromatic carbocycles. The summed E-state index contributed by atoms with van der Waals surface area (Å²) in [7, 11) is 0. The predicted molar refractivity (Wildman–Crippen MR) is 192 cm³/mol. The monoisotopic (exact) mass is 624 g/mol. The zero-order valence-electron chi connectivity index (χ0n) is 28.4. The Labute approximate surface area is 271 Å². The van der Waals surface area contributed by atoms with Gasteiger partial charge in [-0.25, -0.2) is 0 Å². The van der Waals surface area contributed by atoms with Crippen LogP contribution in [0.5, 0.6) is 5.75 Å². The molecule has 0 atom stereocenters. The summed E-state index contributed by atoms with van der Waals surface area (Å²) in [5.74, 6) is 0.880. The van der Waals surface area contributed by atoms with Gasteiger partial charge in [0.25, 0.3) is 0 Å². The summed E-state index contributed by atoms with van der Waals surface area (Å²) in [4.78, 5) is 15.6. The molecule has 0 saturated carbocycles. The molecule has 0 fully saturated rings. The molecule has 0 heterocycles. The van der Waals surface area contributed by atoms with Crippen LogP contribution in [-0.2, 0) is 11.2 Å². The zero-order valence-corrected chi connectivity index (χ0v) is 30.0. The van der Waals surface area contributed by atoms with E-state index in [-0.39, 0.29) is 12.0 Å². The largest absolute Gasteiger partial charge is 0.490 e. The lowest BCUT2D eigenvalue weighted by molar-refractivity contribution is -0.119. The highest BCUT2D eigenvalue weighted by molar-refractivity contribution is 8.11. The molecular formula is C37H56N2O2S2. The highest BCUT2D eigenvalue weighted by atomic mass is 32.2. The van der Waals surface area contributed by atoms with Crippen molar-refractivity contribution in [1.82, 2.24) is 5.32 Å².